The maximum absolute atomic E-state index is 13.1. The highest BCUT2D eigenvalue weighted by atomic mass is 35.5. The molecule has 28 heavy (non-hydrogen) atoms. The van der Waals surface area contributed by atoms with Crippen LogP contribution in [0.25, 0.3) is 0 Å². The van der Waals surface area contributed by atoms with Gasteiger partial charge in [0.15, 0.2) is 0 Å². The van der Waals surface area contributed by atoms with Gasteiger partial charge in [-0.25, -0.2) is 12.8 Å². The summed E-state index contributed by atoms with van der Waals surface area (Å²) in [5.74, 6) is -1.13. The molecule has 1 atom stereocenters. The molecular formula is C19H21ClFNO5S. The molecule has 0 saturated carbocycles. The molecule has 6 nitrogen and oxygen atoms in total. The summed E-state index contributed by atoms with van der Waals surface area (Å²) in [7, 11) is -2.48. The number of nitrogens with one attached hydrogen (secondary N) is 1. The average Bonchev–Trinajstić information content (AvgIpc) is 2.65. The van der Waals surface area contributed by atoms with Gasteiger partial charge in [0.05, 0.1) is 17.0 Å². The van der Waals surface area contributed by atoms with Gasteiger partial charge in [-0.1, -0.05) is 31.5 Å². The van der Waals surface area contributed by atoms with E-state index in [1.54, 1.807) is 13.8 Å². The second-order valence-electron chi connectivity index (χ2n) is 6.36. The van der Waals surface area contributed by atoms with Gasteiger partial charge in [0.2, 0.25) is 10.0 Å². The topological polar surface area (TPSA) is 81.7 Å². The summed E-state index contributed by atoms with van der Waals surface area (Å²) >= 11 is 5.91. The van der Waals surface area contributed by atoms with E-state index in [0.29, 0.717) is 11.3 Å². The highest BCUT2D eigenvalue weighted by Crippen LogP contribution is 2.20. The number of halogens is 2. The van der Waals surface area contributed by atoms with Crippen LogP contribution in [-0.2, 0) is 26.2 Å². The number of sulfonamides is 1. The number of carbonyl (C=O) groups excluding carboxylic acids is 1. The molecule has 9 heteroatoms. The smallest absolute Gasteiger partial charge is 0.324 e. The van der Waals surface area contributed by atoms with E-state index in [4.69, 9.17) is 21.1 Å². The van der Waals surface area contributed by atoms with Crippen LogP contribution in [0.15, 0.2) is 47.4 Å². The van der Waals surface area contributed by atoms with Gasteiger partial charge in [-0.3, -0.25) is 4.79 Å². The van der Waals surface area contributed by atoms with Gasteiger partial charge in [-0.05, 0) is 42.3 Å². The van der Waals surface area contributed by atoms with Crippen LogP contribution in [0, 0.1) is 11.7 Å². The van der Waals surface area contributed by atoms with Crippen molar-refractivity contribution in [3.05, 3.63) is 58.9 Å². The molecule has 0 aliphatic heterocycles. The van der Waals surface area contributed by atoms with E-state index >= 15 is 0 Å². The van der Waals surface area contributed by atoms with Crippen LogP contribution in [0.2, 0.25) is 5.02 Å². The number of ether oxygens (including phenoxy) is 2. The van der Waals surface area contributed by atoms with Gasteiger partial charge in [-0.15, -0.1) is 0 Å². The third-order valence-corrected chi connectivity index (χ3v) is 5.77. The first kappa shape index (κ1) is 22.1. The fourth-order valence-electron chi connectivity index (χ4n) is 2.32. The fourth-order valence-corrected chi connectivity index (χ4v) is 3.88. The average molecular weight is 430 g/mol. The van der Waals surface area contributed by atoms with E-state index in [-0.39, 0.29) is 22.4 Å². The van der Waals surface area contributed by atoms with Crippen LogP contribution in [0.5, 0.6) is 5.75 Å². The van der Waals surface area contributed by atoms with Crippen LogP contribution < -0.4 is 9.46 Å². The lowest BCUT2D eigenvalue weighted by Gasteiger charge is -2.21. The molecule has 1 N–H and O–H groups in total. The largest absolute Gasteiger partial charge is 0.497 e. The third-order valence-electron chi connectivity index (χ3n) is 3.96. The Morgan fingerprint density at radius 3 is 2.36 bits per heavy atom. The Balaban J connectivity index is 2.11. The van der Waals surface area contributed by atoms with Gasteiger partial charge >= 0.3 is 5.97 Å². The standard InChI is InChI=1S/C19H21ClFNO5S/c1-12(2)18(19(23)27-11-13-4-5-14(21)10-17(13)20)22-28(24,25)16-8-6-15(26-3)7-9-16/h4-10,12,18,22H,11H2,1-3H3. The van der Waals surface area contributed by atoms with Crippen molar-refractivity contribution in [3.8, 4) is 5.75 Å². The second-order valence-corrected chi connectivity index (χ2v) is 8.48. The number of benzene rings is 2. The zero-order chi connectivity index (χ0) is 20.9. The second kappa shape index (κ2) is 9.36. The normalized spacial score (nSPS) is 12.6. The van der Waals surface area contributed by atoms with Crippen LogP contribution in [0.4, 0.5) is 4.39 Å². The zero-order valence-corrected chi connectivity index (χ0v) is 17.2. The molecule has 0 radical (unpaired) electrons. The van der Waals surface area contributed by atoms with Crippen LogP contribution in [-0.4, -0.2) is 27.5 Å². The number of methoxy groups -OCH3 is 1. The minimum Gasteiger partial charge on any atom is -0.497 e. The van der Waals surface area contributed by atoms with Crippen LogP contribution in [0.1, 0.15) is 19.4 Å². The Kier molecular flexibility index (Phi) is 7.40. The molecule has 0 aliphatic carbocycles. The van der Waals surface area contributed by atoms with E-state index in [9.17, 15) is 17.6 Å². The van der Waals surface area contributed by atoms with Crippen molar-refractivity contribution < 1.29 is 27.1 Å². The number of hydrogen-bond acceptors (Lipinski definition) is 5. The van der Waals surface area contributed by atoms with E-state index in [1.807, 2.05) is 0 Å². The monoisotopic (exact) mass is 429 g/mol. The summed E-state index contributed by atoms with van der Waals surface area (Å²) in [5, 5.41) is 0.118. The lowest BCUT2D eigenvalue weighted by atomic mass is 10.1. The maximum atomic E-state index is 13.1. The van der Waals surface area contributed by atoms with Crippen molar-refractivity contribution in [1.82, 2.24) is 4.72 Å². The third kappa shape index (κ3) is 5.67. The Hall–Kier alpha value is -2.16. The predicted molar refractivity (Wildman–Crippen MR) is 103 cm³/mol. The molecule has 0 heterocycles. The number of rotatable bonds is 8. The molecule has 2 rings (SSSR count). The minimum atomic E-state index is -3.95. The molecule has 0 spiro atoms. The molecule has 0 aliphatic rings. The Labute approximate surface area is 168 Å². The molecule has 2 aromatic carbocycles. The Morgan fingerprint density at radius 1 is 1.18 bits per heavy atom. The first-order valence-corrected chi connectivity index (χ1v) is 10.3. The van der Waals surface area contributed by atoms with Gasteiger partial charge in [0.25, 0.3) is 0 Å². The summed E-state index contributed by atoms with van der Waals surface area (Å²) in [6, 6.07) is 8.37. The Morgan fingerprint density at radius 2 is 1.82 bits per heavy atom. The summed E-state index contributed by atoms with van der Waals surface area (Å²) < 4.78 is 50.9. The summed E-state index contributed by atoms with van der Waals surface area (Å²) in [6.45, 7) is 3.17. The quantitative estimate of drug-likeness (QED) is 0.649. The van der Waals surface area contributed by atoms with Crippen LogP contribution in [0.3, 0.4) is 0 Å². The Bertz CT molecular complexity index is 932. The predicted octanol–water partition coefficient (Wildman–Crippen LogP) is 3.53. The van der Waals surface area contributed by atoms with E-state index in [2.05, 4.69) is 4.72 Å². The molecule has 1 unspecified atom stereocenters. The van der Waals surface area contributed by atoms with Gasteiger partial charge in [-0.2, -0.15) is 4.72 Å². The zero-order valence-electron chi connectivity index (χ0n) is 15.6. The lowest BCUT2D eigenvalue weighted by molar-refractivity contribution is -0.148. The van der Waals surface area contributed by atoms with Crippen molar-refractivity contribution in [2.45, 2.75) is 31.4 Å². The highest BCUT2D eigenvalue weighted by molar-refractivity contribution is 7.89. The first-order valence-electron chi connectivity index (χ1n) is 8.41. The molecule has 0 amide bonds. The molecule has 2 aromatic rings. The van der Waals surface area contributed by atoms with Crippen molar-refractivity contribution in [2.24, 2.45) is 5.92 Å². The molecule has 152 valence electrons. The van der Waals surface area contributed by atoms with Gasteiger partial charge in [0.1, 0.15) is 24.2 Å². The lowest BCUT2D eigenvalue weighted by Crippen LogP contribution is -2.45. The van der Waals surface area contributed by atoms with Gasteiger partial charge in [0, 0.05) is 5.56 Å². The van der Waals surface area contributed by atoms with E-state index in [1.165, 1.54) is 43.5 Å². The van der Waals surface area contributed by atoms with Crippen molar-refractivity contribution in [2.75, 3.05) is 7.11 Å². The van der Waals surface area contributed by atoms with Crippen molar-refractivity contribution in [1.29, 1.82) is 0 Å². The summed E-state index contributed by atoms with van der Waals surface area (Å²) in [6.07, 6.45) is 0. The number of hydrogen-bond donors (Lipinski definition) is 1. The number of esters is 1. The molecule has 0 aromatic heterocycles. The van der Waals surface area contributed by atoms with E-state index < -0.39 is 27.9 Å². The molecular weight excluding hydrogens is 409 g/mol. The van der Waals surface area contributed by atoms with Crippen molar-refractivity contribution in [3.63, 3.8) is 0 Å². The highest BCUT2D eigenvalue weighted by Gasteiger charge is 2.29. The van der Waals surface area contributed by atoms with Crippen LogP contribution >= 0.6 is 11.6 Å². The fraction of sp³-hybridized carbons (Fsp3) is 0.316. The molecule has 0 bridgehead atoms. The minimum absolute atomic E-state index is 0.00618. The van der Waals surface area contributed by atoms with Crippen molar-refractivity contribution >= 4 is 27.6 Å². The molecule has 0 saturated heterocycles. The van der Waals surface area contributed by atoms with E-state index in [0.717, 1.165) is 6.07 Å². The van der Waals surface area contributed by atoms with Gasteiger partial charge < -0.3 is 9.47 Å². The SMILES string of the molecule is COc1ccc(S(=O)(=O)NC(C(=O)OCc2ccc(F)cc2Cl)C(C)C)cc1. The summed E-state index contributed by atoms with van der Waals surface area (Å²) in [4.78, 5) is 12.5. The molecule has 0 fully saturated rings. The number of carbonyl (C=O) groups is 1. The first-order chi connectivity index (χ1) is 13.1. The summed E-state index contributed by atoms with van der Waals surface area (Å²) in [5.41, 5.74) is 0.414. The maximum Gasteiger partial charge on any atom is 0.324 e.